The first-order chi connectivity index (χ1) is 13.7. The first kappa shape index (κ1) is 29.2. The summed E-state index contributed by atoms with van der Waals surface area (Å²) in [6.45, 7) is 6.14. The molecule has 0 radical (unpaired) electrons. The molecule has 0 bridgehead atoms. The van der Waals surface area contributed by atoms with Crippen molar-refractivity contribution in [3.8, 4) is 0 Å². The van der Waals surface area contributed by atoms with E-state index in [1.165, 1.54) is 89.9 Å². The number of unbranched alkanes of at least 4 members (excludes halogenated alkanes) is 15. The molecule has 0 unspecified atom stereocenters. The van der Waals surface area contributed by atoms with E-state index in [-0.39, 0.29) is 0 Å². The highest BCUT2D eigenvalue weighted by Gasteiger charge is 1.97. The minimum absolute atomic E-state index is 0.338. The van der Waals surface area contributed by atoms with E-state index < -0.39 is 5.97 Å². The van der Waals surface area contributed by atoms with Crippen LogP contribution >= 0.6 is 0 Å². The summed E-state index contributed by atoms with van der Waals surface area (Å²) in [7, 11) is 0. The first-order valence-corrected chi connectivity index (χ1v) is 12.3. The minimum Gasteiger partial charge on any atom is -0.481 e. The molecule has 0 rings (SSSR count). The van der Waals surface area contributed by atoms with Gasteiger partial charge in [0.15, 0.2) is 0 Å². The topological polar surface area (TPSA) is 63.3 Å². The molecule has 0 aromatic carbocycles. The Hall–Kier alpha value is -0.990. The first-order valence-electron chi connectivity index (χ1n) is 12.3. The van der Waals surface area contributed by atoms with Gasteiger partial charge in [-0.3, -0.25) is 4.79 Å². The molecule has 0 aliphatic carbocycles. The number of carboxylic acids is 1. The minimum atomic E-state index is -0.657. The van der Waals surface area contributed by atoms with Gasteiger partial charge in [-0.1, -0.05) is 117 Å². The van der Waals surface area contributed by atoms with Gasteiger partial charge in [-0.15, -0.1) is 0 Å². The Kier molecular flexibility index (Phi) is 27.1. The van der Waals surface area contributed by atoms with E-state index in [1.807, 2.05) is 13.8 Å². The Morgan fingerprint density at radius 2 is 0.929 bits per heavy atom. The molecule has 28 heavy (non-hydrogen) atoms. The van der Waals surface area contributed by atoms with Gasteiger partial charge in [0, 0.05) is 12.1 Å². The smallest absolute Gasteiger partial charge is 0.303 e. The molecule has 168 valence electrons. The van der Waals surface area contributed by atoms with Crippen LogP contribution in [-0.2, 0) is 4.79 Å². The highest BCUT2D eigenvalue weighted by Crippen LogP contribution is 2.14. The average Bonchev–Trinajstić information content (AvgIpc) is 2.68. The van der Waals surface area contributed by atoms with Crippen LogP contribution in [0.15, 0.2) is 11.8 Å². The van der Waals surface area contributed by atoms with Gasteiger partial charge in [-0.25, -0.2) is 0 Å². The van der Waals surface area contributed by atoms with Gasteiger partial charge in [-0.2, -0.15) is 0 Å². The lowest BCUT2D eigenvalue weighted by Gasteiger charge is -2.04. The van der Waals surface area contributed by atoms with E-state index in [1.54, 1.807) is 0 Å². The van der Waals surface area contributed by atoms with Crippen molar-refractivity contribution in [2.45, 2.75) is 143 Å². The van der Waals surface area contributed by atoms with Gasteiger partial charge < -0.3 is 10.8 Å². The highest BCUT2D eigenvalue weighted by molar-refractivity contribution is 5.66. The molecule has 0 saturated carbocycles. The summed E-state index contributed by atoms with van der Waals surface area (Å²) in [5, 5.41) is 8.57. The number of hydrogen-bond donors (Lipinski definition) is 2. The fourth-order valence-electron chi connectivity index (χ4n) is 3.44. The van der Waals surface area contributed by atoms with E-state index in [9.17, 15) is 4.79 Å². The molecule has 0 spiro atoms. The van der Waals surface area contributed by atoms with Gasteiger partial charge in [0.1, 0.15) is 0 Å². The molecular formula is C25H51NO2. The van der Waals surface area contributed by atoms with Gasteiger partial charge in [0.25, 0.3) is 0 Å². The predicted octanol–water partition coefficient (Wildman–Crippen LogP) is 8.37. The molecule has 0 heterocycles. The van der Waals surface area contributed by atoms with Crippen molar-refractivity contribution in [3.05, 3.63) is 11.8 Å². The number of rotatable bonds is 20. The largest absolute Gasteiger partial charge is 0.481 e. The van der Waals surface area contributed by atoms with Crippen molar-refractivity contribution in [2.24, 2.45) is 5.73 Å². The van der Waals surface area contributed by atoms with Gasteiger partial charge >= 0.3 is 5.97 Å². The van der Waals surface area contributed by atoms with E-state index in [0.29, 0.717) is 6.42 Å². The maximum absolute atomic E-state index is 10.4. The molecule has 0 aromatic rings. The normalized spacial score (nSPS) is 11.2. The summed E-state index contributed by atoms with van der Waals surface area (Å²) in [6.07, 6.45) is 25.4. The Morgan fingerprint density at radius 1 is 0.643 bits per heavy atom. The monoisotopic (exact) mass is 397 g/mol. The molecule has 3 N–H and O–H groups in total. The van der Waals surface area contributed by atoms with Crippen LogP contribution in [0.3, 0.4) is 0 Å². The highest BCUT2D eigenvalue weighted by atomic mass is 16.4. The average molecular weight is 398 g/mol. The number of carboxylic acid groups (broad SMARTS) is 1. The molecule has 0 atom stereocenters. The standard InChI is InChI=1S/C23H45NO2.C2H6/c1-2-19-22(24)20-17-15-13-11-9-7-5-3-4-6-8-10-12-14-16-18-21-23(25)26;1-2/h19H,2-18,20-21,24H2,1H3,(H,25,26);1-2H3/b22-19+;. The summed E-state index contributed by atoms with van der Waals surface area (Å²) in [5.41, 5.74) is 6.98. The third-order valence-corrected chi connectivity index (χ3v) is 5.07. The van der Waals surface area contributed by atoms with Crippen molar-refractivity contribution < 1.29 is 9.90 Å². The van der Waals surface area contributed by atoms with Crippen LogP contribution in [0.4, 0.5) is 0 Å². The SMILES string of the molecule is CC.CC/C=C(/N)CCCCCCCCCCCCCCCCCCC(=O)O. The molecule has 3 nitrogen and oxygen atoms in total. The van der Waals surface area contributed by atoms with Gasteiger partial charge in [0.05, 0.1) is 0 Å². The lowest BCUT2D eigenvalue weighted by molar-refractivity contribution is -0.137. The zero-order chi connectivity index (χ0) is 21.3. The zero-order valence-corrected chi connectivity index (χ0v) is 19.4. The van der Waals surface area contributed by atoms with Crippen LogP contribution in [-0.4, -0.2) is 11.1 Å². The lowest BCUT2D eigenvalue weighted by atomic mass is 10.0. The summed E-state index contributed by atoms with van der Waals surface area (Å²) in [5.74, 6) is -0.657. The maximum Gasteiger partial charge on any atom is 0.303 e. The molecule has 0 aliphatic heterocycles. The second-order valence-corrected chi connectivity index (χ2v) is 7.74. The van der Waals surface area contributed by atoms with Gasteiger partial charge in [-0.05, 0) is 25.7 Å². The van der Waals surface area contributed by atoms with Crippen LogP contribution in [0.5, 0.6) is 0 Å². The maximum atomic E-state index is 10.4. The molecule has 0 aromatic heterocycles. The van der Waals surface area contributed by atoms with Crippen LogP contribution in [0.25, 0.3) is 0 Å². The van der Waals surface area contributed by atoms with Crippen LogP contribution < -0.4 is 5.73 Å². The van der Waals surface area contributed by atoms with E-state index in [4.69, 9.17) is 10.8 Å². The second-order valence-electron chi connectivity index (χ2n) is 7.74. The molecule has 3 heteroatoms. The summed E-state index contributed by atoms with van der Waals surface area (Å²) >= 11 is 0. The molecular weight excluding hydrogens is 346 g/mol. The fourth-order valence-corrected chi connectivity index (χ4v) is 3.44. The third kappa shape index (κ3) is 27.2. The van der Waals surface area contributed by atoms with Crippen molar-refractivity contribution in [2.75, 3.05) is 0 Å². The Balaban J connectivity index is 0. The van der Waals surface area contributed by atoms with E-state index >= 15 is 0 Å². The Labute approximate surface area is 176 Å². The number of carbonyl (C=O) groups is 1. The number of hydrogen-bond acceptors (Lipinski definition) is 2. The zero-order valence-electron chi connectivity index (χ0n) is 19.4. The summed E-state index contributed by atoms with van der Waals surface area (Å²) < 4.78 is 0. The fraction of sp³-hybridized carbons (Fsp3) is 0.880. The molecule has 0 aliphatic rings. The number of allylic oxidation sites excluding steroid dienone is 2. The Morgan fingerprint density at radius 3 is 1.21 bits per heavy atom. The van der Waals surface area contributed by atoms with Crippen molar-refractivity contribution in [1.82, 2.24) is 0 Å². The number of nitrogens with two attached hydrogens (primary N) is 1. The second kappa shape index (κ2) is 26.0. The quantitative estimate of drug-likeness (QED) is 0.203. The van der Waals surface area contributed by atoms with Crippen molar-refractivity contribution in [3.63, 3.8) is 0 Å². The summed E-state index contributed by atoms with van der Waals surface area (Å²) in [4.78, 5) is 10.4. The Bertz CT molecular complexity index is 339. The van der Waals surface area contributed by atoms with Crippen LogP contribution in [0.2, 0.25) is 0 Å². The van der Waals surface area contributed by atoms with Crippen LogP contribution in [0, 0.1) is 0 Å². The third-order valence-electron chi connectivity index (χ3n) is 5.07. The number of aliphatic carboxylic acids is 1. The molecule has 0 saturated heterocycles. The molecule has 0 fully saturated rings. The van der Waals surface area contributed by atoms with Crippen LogP contribution in [0.1, 0.15) is 143 Å². The lowest BCUT2D eigenvalue weighted by Crippen LogP contribution is -1.96. The van der Waals surface area contributed by atoms with E-state index in [2.05, 4.69) is 13.0 Å². The summed E-state index contributed by atoms with van der Waals surface area (Å²) in [6, 6.07) is 0. The van der Waals surface area contributed by atoms with Crippen molar-refractivity contribution >= 4 is 5.97 Å². The molecule has 0 amide bonds. The van der Waals surface area contributed by atoms with Gasteiger partial charge in [0.2, 0.25) is 0 Å². The predicted molar refractivity (Wildman–Crippen MR) is 125 cm³/mol. The van der Waals surface area contributed by atoms with E-state index in [0.717, 1.165) is 31.4 Å². The van der Waals surface area contributed by atoms with Crippen molar-refractivity contribution in [1.29, 1.82) is 0 Å².